The van der Waals surface area contributed by atoms with Crippen molar-refractivity contribution < 1.29 is 13.3 Å². The summed E-state index contributed by atoms with van der Waals surface area (Å²) in [5.74, 6) is 0. The van der Waals surface area contributed by atoms with Gasteiger partial charge in [-0.2, -0.15) is 0 Å². The van der Waals surface area contributed by atoms with E-state index in [0.29, 0.717) is 0 Å². The monoisotopic (exact) mass is 320 g/mol. The Kier molecular flexibility index (Phi) is 3.62. The van der Waals surface area contributed by atoms with Gasteiger partial charge in [-0.1, -0.05) is 35.3 Å². The van der Waals surface area contributed by atoms with Gasteiger partial charge in [0.05, 0.1) is 9.96 Å². The van der Waals surface area contributed by atoms with Crippen LogP contribution in [0, 0.1) is 10.1 Å². The Morgan fingerprint density at radius 3 is 2.42 bits per heavy atom. The summed E-state index contributed by atoms with van der Waals surface area (Å²) < 4.78 is 24.6. The predicted octanol–water partition coefficient (Wildman–Crippen LogP) is 2.47. The van der Waals surface area contributed by atoms with Crippen LogP contribution in [0.4, 0.5) is 5.69 Å². The summed E-state index contributed by atoms with van der Waals surface area (Å²) in [4.78, 5) is 13.3. The molecule has 0 saturated heterocycles. The molecule has 1 aromatic carbocycles. The zero-order chi connectivity index (χ0) is 14.2. The molecule has 0 spiro atoms. The van der Waals surface area contributed by atoms with Gasteiger partial charge in [0.2, 0.25) is 9.84 Å². The molecule has 6 nitrogen and oxygen atoms in total. The number of hydrogen-bond acceptors (Lipinski definition) is 5. The molecule has 100 valence electrons. The number of halogens is 2. The van der Waals surface area contributed by atoms with E-state index in [9.17, 15) is 18.5 Å². The first kappa shape index (κ1) is 14.0. The van der Waals surface area contributed by atoms with Crippen molar-refractivity contribution in [2.45, 2.75) is 10.3 Å². The van der Waals surface area contributed by atoms with Crippen molar-refractivity contribution in [2.24, 2.45) is 4.99 Å². The average molecular weight is 321 g/mol. The normalized spacial score (nSPS) is 18.9. The number of nitro groups is 1. The molecule has 2 rings (SSSR count). The molecule has 1 aromatic rings. The van der Waals surface area contributed by atoms with Crippen LogP contribution in [0.5, 0.6) is 0 Å². The summed E-state index contributed by atoms with van der Waals surface area (Å²) in [5.41, 5.74) is -0.523. The lowest BCUT2D eigenvalue weighted by atomic mass is 10.3. The minimum absolute atomic E-state index is 0.0582. The number of benzene rings is 1. The van der Waals surface area contributed by atoms with Gasteiger partial charge in [-0.3, -0.25) is 10.1 Å². The second-order valence-corrected chi connectivity index (χ2v) is 6.40. The van der Waals surface area contributed by atoms with Crippen LogP contribution in [-0.4, -0.2) is 23.9 Å². The van der Waals surface area contributed by atoms with Crippen LogP contribution in [0.1, 0.15) is 0 Å². The van der Waals surface area contributed by atoms with E-state index in [1.54, 1.807) is 0 Å². The second-order valence-electron chi connectivity index (χ2n) is 3.60. The van der Waals surface area contributed by atoms with Gasteiger partial charge in [-0.05, 0) is 12.1 Å². The molecule has 0 aliphatic carbocycles. The smallest absolute Gasteiger partial charge is 0.258 e. The van der Waals surface area contributed by atoms with E-state index in [1.807, 2.05) is 0 Å². The highest BCUT2D eigenvalue weighted by Gasteiger charge is 2.37. The largest absolute Gasteiger partial charge is 0.288 e. The van der Waals surface area contributed by atoms with Gasteiger partial charge in [0.15, 0.2) is 5.37 Å². The zero-order valence-electron chi connectivity index (χ0n) is 9.16. The van der Waals surface area contributed by atoms with Crippen molar-refractivity contribution in [1.29, 1.82) is 0 Å². The Labute approximate surface area is 118 Å². The molecule has 1 unspecified atom stereocenters. The Morgan fingerprint density at radius 1 is 1.26 bits per heavy atom. The molecule has 0 saturated carbocycles. The third kappa shape index (κ3) is 2.49. The van der Waals surface area contributed by atoms with Crippen LogP contribution < -0.4 is 0 Å². The van der Waals surface area contributed by atoms with Crippen molar-refractivity contribution >= 4 is 43.9 Å². The number of para-hydroxylation sites is 1. The molecule has 1 atom stereocenters. The van der Waals surface area contributed by atoms with Crippen LogP contribution in [0.15, 0.2) is 45.3 Å². The highest BCUT2D eigenvalue weighted by molar-refractivity contribution is 7.92. The number of nitrogens with zero attached hydrogens (tertiary/aromatic N) is 2. The number of hydrogen-bond donors (Lipinski definition) is 0. The van der Waals surface area contributed by atoms with E-state index < -0.39 is 30.7 Å². The molecule has 0 bridgehead atoms. The number of allylic oxidation sites excluding steroid dienone is 1. The molecule has 0 aromatic heterocycles. The van der Waals surface area contributed by atoms with E-state index in [2.05, 4.69) is 4.99 Å². The van der Waals surface area contributed by atoms with Gasteiger partial charge < -0.3 is 0 Å². The maximum absolute atomic E-state index is 12.3. The molecule has 0 fully saturated rings. The summed E-state index contributed by atoms with van der Waals surface area (Å²) in [6.07, 6.45) is 1.19. The van der Waals surface area contributed by atoms with Crippen molar-refractivity contribution in [3.8, 4) is 0 Å². The van der Waals surface area contributed by atoms with E-state index in [4.69, 9.17) is 23.2 Å². The maximum Gasteiger partial charge on any atom is 0.288 e. The molecule has 1 aliphatic heterocycles. The molecular formula is C10H6Cl2N2O4S. The van der Waals surface area contributed by atoms with Gasteiger partial charge in [-0.25, -0.2) is 13.4 Å². The predicted molar refractivity (Wildman–Crippen MR) is 71.3 cm³/mol. The van der Waals surface area contributed by atoms with Crippen LogP contribution in [0.25, 0.3) is 0 Å². The van der Waals surface area contributed by atoms with Gasteiger partial charge in [-0.15, -0.1) is 0 Å². The first-order valence-corrected chi connectivity index (χ1v) is 7.22. The van der Waals surface area contributed by atoms with Gasteiger partial charge in [0, 0.05) is 6.07 Å². The summed E-state index contributed by atoms with van der Waals surface area (Å²) >= 11 is 11.3. The number of nitro benzene ring substituents is 1. The highest BCUT2D eigenvalue weighted by Crippen LogP contribution is 2.33. The Morgan fingerprint density at radius 2 is 1.89 bits per heavy atom. The molecule has 1 aliphatic rings. The van der Waals surface area contributed by atoms with Crippen LogP contribution >= 0.6 is 23.2 Å². The van der Waals surface area contributed by atoms with E-state index >= 15 is 0 Å². The van der Waals surface area contributed by atoms with Crippen molar-refractivity contribution in [2.75, 3.05) is 0 Å². The summed E-state index contributed by atoms with van der Waals surface area (Å²) in [6, 6.07) is 5.00. The average Bonchev–Trinajstić information content (AvgIpc) is 2.69. The number of aliphatic imine (C=N–C) groups is 1. The lowest BCUT2D eigenvalue weighted by Gasteiger charge is -2.09. The fourth-order valence-electron chi connectivity index (χ4n) is 1.58. The molecule has 0 amide bonds. The standard InChI is InChI=1S/C10H6Cl2N2O4S/c11-6-5-9(12)13-10(6)19(17,18)8-4-2-1-3-7(8)14(15)16/h1-5,10H. The maximum atomic E-state index is 12.3. The minimum atomic E-state index is -4.11. The Bertz CT molecular complexity index is 712. The van der Waals surface area contributed by atoms with Crippen LogP contribution in [-0.2, 0) is 9.84 Å². The van der Waals surface area contributed by atoms with Crippen molar-refractivity contribution in [3.63, 3.8) is 0 Å². The molecular weight excluding hydrogens is 315 g/mol. The first-order chi connectivity index (χ1) is 8.84. The lowest BCUT2D eigenvalue weighted by molar-refractivity contribution is -0.387. The quantitative estimate of drug-likeness (QED) is 0.632. The van der Waals surface area contributed by atoms with Crippen LogP contribution in [0.2, 0.25) is 0 Å². The summed E-state index contributed by atoms with van der Waals surface area (Å²) in [6.45, 7) is 0. The highest BCUT2D eigenvalue weighted by atomic mass is 35.5. The zero-order valence-corrected chi connectivity index (χ0v) is 11.5. The van der Waals surface area contributed by atoms with Gasteiger partial charge in [0.25, 0.3) is 5.69 Å². The summed E-state index contributed by atoms with van der Waals surface area (Å²) in [5, 5.41) is 9.28. The van der Waals surface area contributed by atoms with E-state index in [-0.39, 0.29) is 10.2 Å². The molecule has 1 heterocycles. The SMILES string of the molecule is O=[N+]([O-])c1ccccc1S(=O)(=O)C1N=C(Cl)C=C1Cl. The Hall–Kier alpha value is -1.44. The first-order valence-electron chi connectivity index (χ1n) is 4.92. The fourth-order valence-corrected chi connectivity index (χ4v) is 3.97. The molecule has 9 heteroatoms. The third-order valence-corrected chi connectivity index (χ3v) is 4.95. The second kappa shape index (κ2) is 4.92. The number of rotatable bonds is 3. The molecule has 19 heavy (non-hydrogen) atoms. The molecule has 0 radical (unpaired) electrons. The fraction of sp³-hybridized carbons (Fsp3) is 0.100. The lowest BCUT2D eigenvalue weighted by Crippen LogP contribution is -2.19. The third-order valence-electron chi connectivity index (χ3n) is 2.40. The topological polar surface area (TPSA) is 89.6 Å². The molecule has 0 N–H and O–H groups in total. The van der Waals surface area contributed by atoms with Gasteiger partial charge >= 0.3 is 0 Å². The number of sulfone groups is 1. The minimum Gasteiger partial charge on any atom is -0.258 e. The van der Waals surface area contributed by atoms with Crippen molar-refractivity contribution in [3.05, 3.63) is 45.5 Å². The van der Waals surface area contributed by atoms with Gasteiger partial charge in [0.1, 0.15) is 10.1 Å². The van der Waals surface area contributed by atoms with Crippen molar-refractivity contribution in [1.82, 2.24) is 0 Å². The van der Waals surface area contributed by atoms with E-state index in [0.717, 1.165) is 12.1 Å². The van der Waals surface area contributed by atoms with Crippen LogP contribution in [0.3, 0.4) is 0 Å². The Balaban J connectivity index is 2.59. The summed E-state index contributed by atoms with van der Waals surface area (Å²) in [7, 11) is -4.11. The van der Waals surface area contributed by atoms with E-state index in [1.165, 1.54) is 18.2 Å².